The molecule has 0 unspecified atom stereocenters. The van der Waals surface area contributed by atoms with Gasteiger partial charge >= 0.3 is 5.97 Å². The lowest BCUT2D eigenvalue weighted by Crippen LogP contribution is -2.41. The number of nitrogens with zero attached hydrogens (tertiary/aromatic N) is 2. The summed E-state index contributed by atoms with van der Waals surface area (Å²) in [6, 6.07) is 28.3. The molecule has 8 heteroatoms. The molecule has 218 valence electrons. The molecule has 4 aromatic rings. The Morgan fingerprint density at radius 1 is 0.750 bits per heavy atom. The molecular formula is C36H27ClN2O5. The molecule has 3 aliphatic carbocycles. The summed E-state index contributed by atoms with van der Waals surface area (Å²) in [7, 11) is 0. The number of hydrogen-bond acceptors (Lipinski definition) is 5. The van der Waals surface area contributed by atoms with Gasteiger partial charge in [-0.15, -0.1) is 0 Å². The van der Waals surface area contributed by atoms with Gasteiger partial charge < -0.3 is 9.64 Å². The number of hydrogen-bond donors (Lipinski definition) is 0. The van der Waals surface area contributed by atoms with E-state index in [9.17, 15) is 19.2 Å². The van der Waals surface area contributed by atoms with E-state index < -0.39 is 23.7 Å². The number of amides is 3. The predicted octanol–water partition coefficient (Wildman–Crippen LogP) is 6.00. The summed E-state index contributed by atoms with van der Waals surface area (Å²) < 4.78 is 5.70. The van der Waals surface area contributed by atoms with E-state index in [1.54, 1.807) is 49.4 Å². The average molecular weight is 603 g/mol. The second-order valence-electron chi connectivity index (χ2n) is 12.0. The number of ether oxygens (including phenoxy) is 1. The summed E-state index contributed by atoms with van der Waals surface area (Å²) in [5.74, 6) is -2.79. The smallest absolute Gasteiger partial charge is 0.316 e. The minimum atomic E-state index is -0.651. The number of halogens is 1. The second kappa shape index (κ2) is 9.89. The minimum absolute atomic E-state index is 0.0216. The SMILES string of the molecule is Cc1cc(OC(=O)[C@H]2CC(=O)N(c3ccccc3Cl)C2)ccc1N1C(=O)[C@@H]2C3c4ccccc4C(c4ccccc43)[C@@H]2C1=O. The number of aryl methyl sites for hydroxylation is 1. The Hall–Kier alpha value is -4.75. The van der Waals surface area contributed by atoms with Crippen molar-refractivity contribution < 1.29 is 23.9 Å². The van der Waals surface area contributed by atoms with Crippen molar-refractivity contribution in [2.45, 2.75) is 25.2 Å². The molecule has 0 saturated carbocycles. The molecule has 0 aromatic heterocycles. The minimum Gasteiger partial charge on any atom is -0.426 e. The molecule has 2 bridgehead atoms. The number of imide groups is 1. The second-order valence-corrected chi connectivity index (χ2v) is 12.4. The molecule has 2 heterocycles. The number of para-hydroxylation sites is 1. The lowest BCUT2D eigenvalue weighted by Gasteiger charge is -2.45. The maximum absolute atomic E-state index is 14.1. The Balaban J connectivity index is 1.05. The molecule has 0 N–H and O–H groups in total. The lowest BCUT2D eigenvalue weighted by atomic mass is 9.55. The van der Waals surface area contributed by atoms with Gasteiger partial charge in [0.15, 0.2) is 0 Å². The maximum Gasteiger partial charge on any atom is 0.316 e. The van der Waals surface area contributed by atoms with Gasteiger partial charge in [0.05, 0.1) is 34.2 Å². The summed E-state index contributed by atoms with van der Waals surface area (Å²) in [6.07, 6.45) is 0.0216. The van der Waals surface area contributed by atoms with Gasteiger partial charge in [0.2, 0.25) is 17.7 Å². The largest absolute Gasteiger partial charge is 0.426 e. The molecule has 2 fully saturated rings. The van der Waals surface area contributed by atoms with E-state index in [0.717, 1.165) is 22.3 Å². The van der Waals surface area contributed by atoms with E-state index in [4.69, 9.17) is 16.3 Å². The van der Waals surface area contributed by atoms with Gasteiger partial charge in [-0.3, -0.25) is 19.2 Å². The first-order valence-electron chi connectivity index (χ1n) is 14.8. The molecule has 0 radical (unpaired) electrons. The Kier molecular flexibility index (Phi) is 6.04. The van der Waals surface area contributed by atoms with Crippen LogP contribution in [-0.4, -0.2) is 30.2 Å². The Morgan fingerprint density at radius 2 is 1.30 bits per heavy atom. The third-order valence-corrected chi connectivity index (χ3v) is 10.00. The van der Waals surface area contributed by atoms with Gasteiger partial charge in [0.1, 0.15) is 5.75 Å². The predicted molar refractivity (Wildman–Crippen MR) is 165 cm³/mol. The third-order valence-electron chi connectivity index (χ3n) is 9.68. The van der Waals surface area contributed by atoms with Crippen LogP contribution in [0.3, 0.4) is 0 Å². The standard InChI is InChI=1S/C36H27ClN2O5/c1-19-16-21(44-36(43)20-17-29(40)38(18-20)28-13-7-6-12-26(28)37)14-15-27(19)39-34(41)32-30-22-8-2-3-9-23(22)31(33(32)35(39)42)25-11-5-4-10-24(25)30/h2-16,20,30-33H,17-18H2,1H3/t20-,30?,31?,32-,33+/m0/s1. The Labute approximate surface area is 259 Å². The summed E-state index contributed by atoms with van der Waals surface area (Å²) in [6.45, 7) is 1.97. The van der Waals surface area contributed by atoms with E-state index in [0.29, 0.717) is 22.0 Å². The molecule has 2 saturated heterocycles. The summed E-state index contributed by atoms with van der Waals surface area (Å²) in [5, 5.41) is 0.438. The third kappa shape index (κ3) is 3.82. The van der Waals surface area contributed by atoms with Gasteiger partial charge in [-0.1, -0.05) is 72.3 Å². The summed E-state index contributed by atoms with van der Waals surface area (Å²) in [5.41, 5.74) is 6.18. The zero-order valence-corrected chi connectivity index (χ0v) is 24.5. The van der Waals surface area contributed by atoms with Crippen LogP contribution in [-0.2, 0) is 19.2 Å². The average Bonchev–Trinajstić information content (AvgIpc) is 3.54. The fraction of sp³-hybridized carbons (Fsp3) is 0.222. The van der Waals surface area contributed by atoms with Gasteiger partial charge in [-0.25, -0.2) is 4.90 Å². The molecule has 7 nitrogen and oxygen atoms in total. The zero-order chi connectivity index (χ0) is 30.3. The molecule has 44 heavy (non-hydrogen) atoms. The van der Waals surface area contributed by atoms with Gasteiger partial charge in [-0.05, 0) is 65.1 Å². The fourth-order valence-corrected chi connectivity index (χ4v) is 8.06. The van der Waals surface area contributed by atoms with Crippen molar-refractivity contribution in [1.29, 1.82) is 0 Å². The number of carbonyl (C=O) groups excluding carboxylic acids is 4. The van der Waals surface area contributed by atoms with Crippen LogP contribution in [0.5, 0.6) is 5.75 Å². The molecule has 4 aromatic carbocycles. The van der Waals surface area contributed by atoms with Crippen LogP contribution in [0.4, 0.5) is 11.4 Å². The van der Waals surface area contributed by atoms with Crippen molar-refractivity contribution in [2.24, 2.45) is 17.8 Å². The van der Waals surface area contributed by atoms with Crippen molar-refractivity contribution in [2.75, 3.05) is 16.3 Å². The van der Waals surface area contributed by atoms with Crippen molar-refractivity contribution in [3.63, 3.8) is 0 Å². The van der Waals surface area contributed by atoms with Crippen LogP contribution in [0.25, 0.3) is 0 Å². The van der Waals surface area contributed by atoms with Crippen LogP contribution in [0.15, 0.2) is 91.0 Å². The lowest BCUT2D eigenvalue weighted by molar-refractivity contribution is -0.139. The van der Waals surface area contributed by atoms with E-state index in [2.05, 4.69) is 24.3 Å². The van der Waals surface area contributed by atoms with Crippen molar-refractivity contribution >= 4 is 46.7 Å². The van der Waals surface area contributed by atoms with E-state index in [1.165, 1.54) is 9.80 Å². The number of rotatable bonds is 4. The quantitative estimate of drug-likeness (QED) is 0.162. The van der Waals surface area contributed by atoms with Crippen molar-refractivity contribution in [3.05, 3.63) is 124 Å². The van der Waals surface area contributed by atoms with Crippen molar-refractivity contribution in [3.8, 4) is 5.75 Å². The number of esters is 1. The van der Waals surface area contributed by atoms with Crippen LogP contribution < -0.4 is 14.5 Å². The van der Waals surface area contributed by atoms with Crippen molar-refractivity contribution in [1.82, 2.24) is 0 Å². The molecule has 2 aliphatic heterocycles. The van der Waals surface area contributed by atoms with Crippen LogP contribution in [0.1, 0.15) is 46.1 Å². The van der Waals surface area contributed by atoms with Gasteiger partial charge in [-0.2, -0.15) is 0 Å². The van der Waals surface area contributed by atoms with Crippen LogP contribution in [0, 0.1) is 24.7 Å². The zero-order valence-electron chi connectivity index (χ0n) is 23.8. The summed E-state index contributed by atoms with van der Waals surface area (Å²) in [4.78, 5) is 56.9. The topological polar surface area (TPSA) is 84.0 Å². The van der Waals surface area contributed by atoms with E-state index in [1.807, 2.05) is 24.3 Å². The molecule has 0 spiro atoms. The normalized spacial score (nSPS) is 24.8. The molecule has 9 rings (SSSR count). The number of carbonyl (C=O) groups is 4. The first-order valence-corrected chi connectivity index (χ1v) is 15.1. The number of benzene rings is 4. The van der Waals surface area contributed by atoms with Crippen LogP contribution in [0.2, 0.25) is 5.02 Å². The first kappa shape index (κ1) is 26.8. The highest BCUT2D eigenvalue weighted by Gasteiger charge is 2.61. The summed E-state index contributed by atoms with van der Waals surface area (Å²) >= 11 is 6.28. The number of anilines is 2. The van der Waals surface area contributed by atoms with E-state index >= 15 is 0 Å². The highest BCUT2D eigenvalue weighted by atomic mass is 35.5. The highest BCUT2D eigenvalue weighted by molar-refractivity contribution is 6.34. The van der Waals surface area contributed by atoms with Gasteiger partial charge in [0.25, 0.3) is 0 Å². The molecule has 5 aliphatic rings. The van der Waals surface area contributed by atoms with Crippen LogP contribution >= 0.6 is 11.6 Å². The first-order chi connectivity index (χ1) is 21.3. The fourth-order valence-electron chi connectivity index (χ4n) is 7.83. The molecule has 3 amide bonds. The van der Waals surface area contributed by atoms with Gasteiger partial charge in [0, 0.05) is 24.8 Å². The maximum atomic E-state index is 14.1. The van der Waals surface area contributed by atoms with E-state index in [-0.39, 0.29) is 48.3 Å². The monoisotopic (exact) mass is 602 g/mol. The Morgan fingerprint density at radius 3 is 1.84 bits per heavy atom. The Bertz CT molecular complexity index is 1800. The molecule has 3 atom stereocenters. The molecular weight excluding hydrogens is 576 g/mol. The highest BCUT2D eigenvalue weighted by Crippen LogP contribution is 2.61.